The minimum atomic E-state index is -3.20. The van der Waals surface area contributed by atoms with Crippen molar-refractivity contribution in [2.75, 3.05) is 50.5 Å². The Morgan fingerprint density at radius 1 is 1.20 bits per heavy atom. The van der Waals surface area contributed by atoms with Crippen LogP contribution in [0.5, 0.6) is 0 Å². The highest BCUT2D eigenvalue weighted by Crippen LogP contribution is 2.22. The molecule has 1 fully saturated rings. The summed E-state index contributed by atoms with van der Waals surface area (Å²) in [5.74, 6) is 2.47. The van der Waals surface area contributed by atoms with Crippen molar-refractivity contribution in [1.82, 2.24) is 19.9 Å². The zero-order valence-corrected chi connectivity index (χ0v) is 21.6. The van der Waals surface area contributed by atoms with E-state index in [1.807, 2.05) is 0 Å². The molecule has 0 spiro atoms. The van der Waals surface area contributed by atoms with Gasteiger partial charge in [-0.1, -0.05) is 25.1 Å². The van der Waals surface area contributed by atoms with Crippen molar-refractivity contribution in [1.29, 1.82) is 0 Å². The van der Waals surface area contributed by atoms with Crippen molar-refractivity contribution < 1.29 is 8.42 Å². The van der Waals surface area contributed by atoms with E-state index >= 15 is 0 Å². The number of fused-ring (bicyclic) bond motifs is 1. The van der Waals surface area contributed by atoms with Gasteiger partial charge in [-0.2, -0.15) is 11.8 Å². The predicted octanol–water partition coefficient (Wildman–Crippen LogP) is 2.43. The highest BCUT2D eigenvalue weighted by Gasteiger charge is 2.23. The van der Waals surface area contributed by atoms with Crippen molar-refractivity contribution in [3.05, 3.63) is 35.5 Å². The van der Waals surface area contributed by atoms with Crippen molar-refractivity contribution in [2.24, 2.45) is 4.99 Å². The third-order valence-corrected chi connectivity index (χ3v) is 8.01. The molecule has 30 heavy (non-hydrogen) atoms. The van der Waals surface area contributed by atoms with Gasteiger partial charge >= 0.3 is 0 Å². The monoisotopic (exact) mass is 565 g/mol. The maximum Gasteiger partial charge on any atom is 0.215 e. The zero-order chi connectivity index (χ0) is 20.7. The molecule has 3 rings (SSSR count). The number of rotatable bonds is 8. The van der Waals surface area contributed by atoms with E-state index in [0.29, 0.717) is 25.6 Å². The van der Waals surface area contributed by atoms with Gasteiger partial charge in [0.2, 0.25) is 10.0 Å². The minimum absolute atomic E-state index is 0. The third-order valence-electron chi connectivity index (χ3n) is 5.19. The van der Waals surface area contributed by atoms with Crippen LogP contribution < -0.4 is 10.6 Å². The van der Waals surface area contributed by atoms with E-state index in [4.69, 9.17) is 0 Å². The van der Waals surface area contributed by atoms with Crippen molar-refractivity contribution >= 4 is 62.6 Å². The van der Waals surface area contributed by atoms with Crippen LogP contribution in [-0.2, 0) is 22.9 Å². The lowest BCUT2D eigenvalue weighted by atomic mass is 10.1. The first kappa shape index (κ1) is 25.3. The second kappa shape index (κ2) is 12.2. The number of H-pyrrole nitrogens is 1. The molecule has 3 N–H and O–H groups in total. The molecular formula is C20H32IN5O2S2. The van der Waals surface area contributed by atoms with Gasteiger partial charge in [-0.3, -0.25) is 4.99 Å². The number of thioether (sulfide) groups is 1. The summed E-state index contributed by atoms with van der Waals surface area (Å²) < 4.78 is 26.4. The Morgan fingerprint density at radius 3 is 2.63 bits per heavy atom. The summed E-state index contributed by atoms with van der Waals surface area (Å²) in [6.07, 6.45) is 3.94. The van der Waals surface area contributed by atoms with Gasteiger partial charge in [0.25, 0.3) is 0 Å². The van der Waals surface area contributed by atoms with Crippen molar-refractivity contribution in [3.63, 3.8) is 0 Å². The molecule has 1 aliphatic heterocycles. The standard InChI is InChI=1S/C20H31N5O2S2.HI/c1-3-16-5-4-6-18-17(15-24-19(16)18)7-8-22-20(21-2)23-9-14-29(26,27)25-10-12-28-13-11-25;/h4-6,15,24H,3,7-14H2,1-2H3,(H2,21,22,23);1H. The van der Waals surface area contributed by atoms with E-state index in [0.717, 1.165) is 30.9 Å². The van der Waals surface area contributed by atoms with Crippen LogP contribution in [0.15, 0.2) is 29.4 Å². The molecule has 1 saturated heterocycles. The third kappa shape index (κ3) is 6.51. The molecule has 1 aliphatic rings. The number of aromatic nitrogens is 1. The maximum atomic E-state index is 12.4. The molecule has 0 amide bonds. The lowest BCUT2D eigenvalue weighted by molar-refractivity contribution is 0.443. The second-order valence-corrected chi connectivity index (χ2v) is 10.3. The molecular weight excluding hydrogens is 533 g/mol. The van der Waals surface area contributed by atoms with E-state index in [2.05, 4.69) is 51.9 Å². The molecule has 0 bridgehead atoms. The SMILES string of the molecule is CCc1cccc2c(CCNC(=NC)NCCS(=O)(=O)N3CCSCC3)c[nH]c12.I. The first-order valence-electron chi connectivity index (χ1n) is 10.1. The summed E-state index contributed by atoms with van der Waals surface area (Å²) >= 11 is 1.80. The number of hydrogen-bond acceptors (Lipinski definition) is 4. The van der Waals surface area contributed by atoms with Crippen LogP contribution in [0.2, 0.25) is 0 Å². The Labute approximate surface area is 200 Å². The summed E-state index contributed by atoms with van der Waals surface area (Å²) in [4.78, 5) is 7.60. The van der Waals surface area contributed by atoms with Gasteiger partial charge in [-0.15, -0.1) is 24.0 Å². The van der Waals surface area contributed by atoms with E-state index < -0.39 is 10.0 Å². The Hall–Kier alpha value is -0.980. The quantitative estimate of drug-likeness (QED) is 0.260. The minimum Gasteiger partial charge on any atom is -0.361 e. The van der Waals surface area contributed by atoms with Gasteiger partial charge in [-0.25, -0.2) is 12.7 Å². The van der Waals surface area contributed by atoms with E-state index in [1.165, 1.54) is 22.0 Å². The summed E-state index contributed by atoms with van der Waals surface area (Å²) in [5.41, 5.74) is 3.81. The van der Waals surface area contributed by atoms with Crippen LogP contribution >= 0.6 is 35.7 Å². The molecule has 168 valence electrons. The van der Waals surface area contributed by atoms with Gasteiger partial charge in [0, 0.05) is 61.8 Å². The average Bonchev–Trinajstić information content (AvgIpc) is 3.16. The normalized spacial score (nSPS) is 15.7. The molecule has 0 unspecified atom stereocenters. The topological polar surface area (TPSA) is 89.6 Å². The Bertz CT molecular complexity index is 940. The summed E-state index contributed by atoms with van der Waals surface area (Å²) in [6.45, 7) is 4.46. The molecule has 0 saturated carbocycles. The Morgan fingerprint density at radius 2 is 1.93 bits per heavy atom. The van der Waals surface area contributed by atoms with Gasteiger partial charge < -0.3 is 15.6 Å². The Balaban J connectivity index is 0.00000320. The van der Waals surface area contributed by atoms with Crippen LogP contribution in [0.1, 0.15) is 18.1 Å². The molecule has 1 aromatic carbocycles. The molecule has 7 nitrogen and oxygen atoms in total. The summed E-state index contributed by atoms with van der Waals surface area (Å²) in [6, 6.07) is 6.41. The second-order valence-electron chi connectivity index (χ2n) is 7.01. The van der Waals surface area contributed by atoms with E-state index in [9.17, 15) is 8.42 Å². The molecule has 2 aromatic rings. The first-order valence-corrected chi connectivity index (χ1v) is 12.9. The predicted molar refractivity (Wildman–Crippen MR) is 139 cm³/mol. The highest BCUT2D eigenvalue weighted by atomic mass is 127. The fourth-order valence-corrected chi connectivity index (χ4v) is 6.06. The number of benzene rings is 1. The fraction of sp³-hybridized carbons (Fsp3) is 0.550. The number of sulfonamides is 1. The maximum absolute atomic E-state index is 12.4. The number of para-hydroxylation sites is 1. The first-order chi connectivity index (χ1) is 14.0. The van der Waals surface area contributed by atoms with Gasteiger partial charge in [0.1, 0.15) is 0 Å². The van der Waals surface area contributed by atoms with Crippen molar-refractivity contribution in [3.8, 4) is 0 Å². The van der Waals surface area contributed by atoms with Gasteiger partial charge in [0.05, 0.1) is 5.75 Å². The summed E-state index contributed by atoms with van der Waals surface area (Å²) in [5, 5.41) is 7.66. The average molecular weight is 566 g/mol. The van der Waals surface area contributed by atoms with E-state index in [1.54, 1.807) is 23.1 Å². The Kier molecular flexibility index (Phi) is 10.2. The van der Waals surface area contributed by atoms with Crippen LogP contribution in [0.25, 0.3) is 10.9 Å². The smallest absolute Gasteiger partial charge is 0.215 e. The number of hydrogen-bond donors (Lipinski definition) is 3. The lowest BCUT2D eigenvalue weighted by Crippen LogP contribution is -2.44. The van der Waals surface area contributed by atoms with Crippen LogP contribution in [0.4, 0.5) is 0 Å². The van der Waals surface area contributed by atoms with Gasteiger partial charge in [-0.05, 0) is 24.0 Å². The van der Waals surface area contributed by atoms with Gasteiger partial charge in [0.15, 0.2) is 5.96 Å². The van der Waals surface area contributed by atoms with Crippen LogP contribution in [-0.4, -0.2) is 74.2 Å². The number of nitrogens with one attached hydrogen (secondary N) is 3. The zero-order valence-electron chi connectivity index (χ0n) is 17.6. The largest absolute Gasteiger partial charge is 0.361 e. The van der Waals surface area contributed by atoms with Crippen LogP contribution in [0, 0.1) is 0 Å². The molecule has 0 atom stereocenters. The van der Waals surface area contributed by atoms with Crippen molar-refractivity contribution in [2.45, 2.75) is 19.8 Å². The number of aromatic amines is 1. The molecule has 10 heteroatoms. The fourth-order valence-electron chi connectivity index (χ4n) is 3.57. The molecule has 1 aromatic heterocycles. The summed E-state index contributed by atoms with van der Waals surface area (Å²) in [7, 11) is -1.50. The number of aryl methyl sites for hydroxylation is 1. The number of aliphatic imine (C=N–C) groups is 1. The number of nitrogens with zero attached hydrogens (tertiary/aromatic N) is 2. The molecule has 0 aliphatic carbocycles. The molecule has 2 heterocycles. The van der Waals surface area contributed by atoms with E-state index in [-0.39, 0.29) is 29.7 Å². The van der Waals surface area contributed by atoms with Crippen LogP contribution in [0.3, 0.4) is 0 Å². The lowest BCUT2D eigenvalue weighted by Gasteiger charge is -2.25. The highest BCUT2D eigenvalue weighted by molar-refractivity contribution is 14.0. The molecule has 0 radical (unpaired) electrons. The number of halogens is 1. The number of guanidine groups is 1.